The molecule has 1 amide bonds. The van der Waals surface area contributed by atoms with Crippen molar-refractivity contribution in [2.45, 2.75) is 13.3 Å². The minimum atomic E-state index is -0.0825. The molecule has 0 spiro atoms. The maximum Gasteiger partial charge on any atom is 0.278 e. The van der Waals surface area contributed by atoms with Crippen LogP contribution >= 0.6 is 0 Å². The third-order valence-electron chi connectivity index (χ3n) is 7.06. The Balaban J connectivity index is 1.37. The van der Waals surface area contributed by atoms with Gasteiger partial charge in [0.1, 0.15) is 17.3 Å². The summed E-state index contributed by atoms with van der Waals surface area (Å²) in [6, 6.07) is 22.4. The van der Waals surface area contributed by atoms with E-state index in [1.54, 1.807) is 12.0 Å². The largest absolute Gasteiger partial charge is 0.497 e. The third kappa shape index (κ3) is 4.10. The van der Waals surface area contributed by atoms with Gasteiger partial charge in [-0.3, -0.25) is 9.69 Å². The number of aryl methyl sites for hydroxylation is 2. The fourth-order valence-corrected chi connectivity index (χ4v) is 5.04. The molecular weight excluding hydrogens is 460 g/mol. The number of methoxy groups -OCH3 is 1. The van der Waals surface area contributed by atoms with Crippen LogP contribution in [0.15, 0.2) is 89.8 Å². The van der Waals surface area contributed by atoms with Crippen LogP contribution in [-0.4, -0.2) is 39.8 Å². The van der Waals surface area contributed by atoms with E-state index in [4.69, 9.17) is 9.73 Å². The molecular formula is C31H28N4O2. The van der Waals surface area contributed by atoms with Crippen molar-refractivity contribution in [3.8, 4) is 5.75 Å². The molecule has 0 saturated carbocycles. The molecule has 6 nitrogen and oxygen atoms in total. The van der Waals surface area contributed by atoms with Crippen molar-refractivity contribution in [2.24, 2.45) is 12.0 Å². The van der Waals surface area contributed by atoms with Crippen LogP contribution in [-0.2, 0) is 18.3 Å². The average molecular weight is 489 g/mol. The van der Waals surface area contributed by atoms with E-state index >= 15 is 0 Å². The van der Waals surface area contributed by atoms with Crippen LogP contribution in [0.3, 0.4) is 0 Å². The lowest BCUT2D eigenvalue weighted by molar-refractivity contribution is -0.122. The lowest BCUT2D eigenvalue weighted by Crippen LogP contribution is -2.34. The SMILES string of the molecule is COc1ccc2[nH]cc(CCN3C(=O)C(=Cc4cn(C)c5ccccc45)N=C3c3ccc(C)cc3)c2c1. The first-order valence-electron chi connectivity index (χ1n) is 12.4. The lowest BCUT2D eigenvalue weighted by atomic mass is 10.1. The number of nitrogens with one attached hydrogen (secondary N) is 1. The summed E-state index contributed by atoms with van der Waals surface area (Å²) in [6.45, 7) is 2.57. The molecule has 0 saturated heterocycles. The second-order valence-electron chi connectivity index (χ2n) is 9.48. The number of carbonyl (C=O) groups is 1. The van der Waals surface area contributed by atoms with Gasteiger partial charge in [-0.15, -0.1) is 0 Å². The number of benzene rings is 3. The Hall–Kier alpha value is -4.58. The van der Waals surface area contributed by atoms with Crippen LogP contribution in [0.5, 0.6) is 5.75 Å². The van der Waals surface area contributed by atoms with Crippen LogP contribution in [0.4, 0.5) is 0 Å². The van der Waals surface area contributed by atoms with E-state index in [2.05, 4.69) is 40.7 Å². The Morgan fingerprint density at radius 2 is 1.84 bits per heavy atom. The van der Waals surface area contributed by atoms with Crippen LogP contribution in [0.1, 0.15) is 22.3 Å². The summed E-state index contributed by atoms with van der Waals surface area (Å²) in [7, 11) is 3.69. The number of para-hydroxylation sites is 1. The van der Waals surface area contributed by atoms with E-state index in [0.29, 0.717) is 24.5 Å². The Labute approximate surface area is 215 Å². The number of amides is 1. The summed E-state index contributed by atoms with van der Waals surface area (Å²) in [5.74, 6) is 1.42. The molecule has 37 heavy (non-hydrogen) atoms. The highest BCUT2D eigenvalue weighted by Gasteiger charge is 2.31. The van der Waals surface area contributed by atoms with Gasteiger partial charge in [0.15, 0.2) is 0 Å². The lowest BCUT2D eigenvalue weighted by Gasteiger charge is -2.18. The van der Waals surface area contributed by atoms with Crippen molar-refractivity contribution < 1.29 is 9.53 Å². The first-order valence-corrected chi connectivity index (χ1v) is 12.4. The molecule has 3 aromatic carbocycles. The molecule has 0 radical (unpaired) electrons. The Kier molecular flexibility index (Phi) is 5.64. The highest BCUT2D eigenvalue weighted by molar-refractivity contribution is 6.20. The quantitative estimate of drug-likeness (QED) is 0.305. The van der Waals surface area contributed by atoms with Gasteiger partial charge in [-0.1, -0.05) is 48.0 Å². The normalized spacial score (nSPS) is 14.8. The van der Waals surface area contributed by atoms with E-state index in [9.17, 15) is 4.79 Å². The first-order chi connectivity index (χ1) is 18.0. The summed E-state index contributed by atoms with van der Waals surface area (Å²) in [5.41, 5.74) is 6.84. The van der Waals surface area contributed by atoms with Crippen molar-refractivity contribution in [1.29, 1.82) is 0 Å². The summed E-state index contributed by atoms with van der Waals surface area (Å²) in [6.07, 6.45) is 6.66. The number of carbonyl (C=O) groups excluding carboxylic acids is 1. The van der Waals surface area contributed by atoms with Crippen molar-refractivity contribution >= 4 is 39.6 Å². The summed E-state index contributed by atoms with van der Waals surface area (Å²) in [4.78, 5) is 23.7. The average Bonchev–Trinajstić information content (AvgIpc) is 3.57. The molecule has 2 aromatic heterocycles. The maximum absolute atomic E-state index is 13.7. The van der Waals surface area contributed by atoms with Gasteiger partial charge in [0.05, 0.1) is 7.11 Å². The minimum Gasteiger partial charge on any atom is -0.497 e. The zero-order chi connectivity index (χ0) is 25.5. The van der Waals surface area contributed by atoms with Crippen molar-refractivity contribution in [3.63, 3.8) is 0 Å². The molecule has 3 heterocycles. The summed E-state index contributed by atoms with van der Waals surface area (Å²) < 4.78 is 7.50. The molecule has 5 aromatic rings. The van der Waals surface area contributed by atoms with E-state index in [1.807, 2.05) is 68.0 Å². The van der Waals surface area contributed by atoms with Gasteiger partial charge in [0.25, 0.3) is 5.91 Å². The number of amidine groups is 1. The van der Waals surface area contributed by atoms with E-state index in [-0.39, 0.29) is 5.91 Å². The molecule has 1 aliphatic heterocycles. The predicted molar refractivity (Wildman–Crippen MR) is 149 cm³/mol. The molecule has 0 fully saturated rings. The fourth-order valence-electron chi connectivity index (χ4n) is 5.04. The monoisotopic (exact) mass is 488 g/mol. The standard InChI is InChI=1S/C31H28N4O2/c1-20-8-10-21(11-9-20)30-33-28(16-23-19-34(2)29-7-5-4-6-25(23)29)31(36)35(30)15-14-22-18-32-27-13-12-24(37-3)17-26(22)27/h4-13,16-19,32H,14-15H2,1-3H3. The second kappa shape index (κ2) is 9.13. The highest BCUT2D eigenvalue weighted by atomic mass is 16.5. The number of aromatic nitrogens is 2. The highest BCUT2D eigenvalue weighted by Crippen LogP contribution is 2.28. The molecule has 1 aliphatic rings. The number of hydrogen-bond acceptors (Lipinski definition) is 3. The predicted octanol–water partition coefficient (Wildman–Crippen LogP) is 5.85. The Morgan fingerprint density at radius 3 is 2.65 bits per heavy atom. The van der Waals surface area contributed by atoms with Crippen molar-refractivity contribution in [1.82, 2.24) is 14.5 Å². The zero-order valence-corrected chi connectivity index (χ0v) is 21.2. The van der Waals surface area contributed by atoms with Gasteiger partial charge in [0.2, 0.25) is 0 Å². The maximum atomic E-state index is 13.7. The topological polar surface area (TPSA) is 62.6 Å². The van der Waals surface area contributed by atoms with E-state index in [0.717, 1.165) is 44.2 Å². The summed E-state index contributed by atoms with van der Waals surface area (Å²) in [5, 5.41) is 2.20. The molecule has 0 aliphatic carbocycles. The molecule has 1 N–H and O–H groups in total. The van der Waals surface area contributed by atoms with Crippen molar-refractivity contribution in [3.05, 3.63) is 107 Å². The van der Waals surface area contributed by atoms with Crippen molar-refractivity contribution in [2.75, 3.05) is 13.7 Å². The number of H-pyrrole nitrogens is 1. The molecule has 184 valence electrons. The smallest absolute Gasteiger partial charge is 0.278 e. The van der Waals surface area contributed by atoms with Gasteiger partial charge in [-0.2, -0.15) is 0 Å². The van der Waals surface area contributed by atoms with Gasteiger partial charge >= 0.3 is 0 Å². The number of hydrogen-bond donors (Lipinski definition) is 1. The Morgan fingerprint density at radius 1 is 1.03 bits per heavy atom. The molecule has 0 bridgehead atoms. The van der Waals surface area contributed by atoms with Gasteiger partial charge in [0, 0.05) is 58.9 Å². The Bertz CT molecular complexity index is 1700. The van der Waals surface area contributed by atoms with E-state index < -0.39 is 0 Å². The molecule has 6 rings (SSSR count). The number of fused-ring (bicyclic) bond motifs is 2. The molecule has 6 heteroatoms. The first kappa shape index (κ1) is 22.9. The summed E-state index contributed by atoms with van der Waals surface area (Å²) >= 11 is 0. The zero-order valence-electron chi connectivity index (χ0n) is 21.2. The third-order valence-corrected chi connectivity index (χ3v) is 7.06. The van der Waals surface area contributed by atoms with Crippen LogP contribution < -0.4 is 4.74 Å². The number of ether oxygens (including phenoxy) is 1. The number of aliphatic imine (C=N–C) groups is 1. The minimum absolute atomic E-state index is 0.0825. The van der Waals surface area contributed by atoms with Crippen LogP contribution in [0, 0.1) is 6.92 Å². The number of rotatable bonds is 6. The van der Waals surface area contributed by atoms with E-state index in [1.165, 1.54) is 5.56 Å². The molecule has 0 atom stereocenters. The fraction of sp³-hybridized carbons (Fsp3) is 0.161. The number of nitrogens with zero attached hydrogens (tertiary/aromatic N) is 3. The number of aromatic amines is 1. The second-order valence-corrected chi connectivity index (χ2v) is 9.48. The van der Waals surface area contributed by atoms with Gasteiger partial charge < -0.3 is 14.3 Å². The van der Waals surface area contributed by atoms with Crippen LogP contribution in [0.25, 0.3) is 27.9 Å². The van der Waals surface area contributed by atoms with Gasteiger partial charge in [-0.25, -0.2) is 4.99 Å². The molecule has 0 unspecified atom stereocenters. The van der Waals surface area contributed by atoms with Gasteiger partial charge in [-0.05, 0) is 49.2 Å². The van der Waals surface area contributed by atoms with Crippen LogP contribution in [0.2, 0.25) is 0 Å².